The molecule has 2 saturated heterocycles. The summed E-state index contributed by atoms with van der Waals surface area (Å²) in [5.74, 6) is -7.13. The highest BCUT2D eigenvalue weighted by Gasteiger charge is 2.56. The van der Waals surface area contributed by atoms with E-state index in [4.69, 9.17) is 29.1 Å². The van der Waals surface area contributed by atoms with Gasteiger partial charge in [-0.2, -0.15) is 0 Å². The largest absolute Gasteiger partial charge is 0.456 e. The number of allylic oxidation sites excluding steroid dienone is 4. The van der Waals surface area contributed by atoms with E-state index in [9.17, 15) is 29.7 Å². The lowest BCUT2D eigenvalue weighted by molar-refractivity contribution is -0.302. The zero-order valence-corrected chi connectivity index (χ0v) is 35.5. The van der Waals surface area contributed by atoms with E-state index in [0.29, 0.717) is 62.7 Å². The van der Waals surface area contributed by atoms with Crippen molar-refractivity contribution in [1.29, 1.82) is 5.41 Å². The van der Waals surface area contributed by atoms with Gasteiger partial charge in [-0.25, -0.2) is 4.79 Å². The molecule has 0 aromatic rings. The van der Waals surface area contributed by atoms with E-state index in [0.717, 1.165) is 5.57 Å². The first-order valence-electron chi connectivity index (χ1n) is 20.9. The molecule has 4 rings (SSSR count). The number of hydrogen-bond acceptors (Lipinski definition) is 12. The summed E-state index contributed by atoms with van der Waals surface area (Å²) in [5.41, 5.74) is 2.06. The van der Waals surface area contributed by atoms with Crippen molar-refractivity contribution >= 4 is 23.4 Å². The first kappa shape index (κ1) is 46.9. The highest BCUT2D eigenvalue weighted by atomic mass is 16.7. The Balaban J connectivity index is 1.78. The van der Waals surface area contributed by atoms with Gasteiger partial charge in [0.2, 0.25) is 5.79 Å². The first-order chi connectivity index (χ1) is 27.0. The molecule has 13 nitrogen and oxygen atoms in total. The number of amides is 1. The van der Waals surface area contributed by atoms with Crippen LogP contribution in [0.25, 0.3) is 0 Å². The van der Waals surface area contributed by atoms with Crippen molar-refractivity contribution in [2.24, 2.45) is 29.6 Å². The zero-order valence-electron chi connectivity index (χ0n) is 35.5. The van der Waals surface area contributed by atoms with Gasteiger partial charge in [-0.3, -0.25) is 9.59 Å². The minimum atomic E-state index is -2.50. The molecule has 4 aliphatic rings. The molecule has 3 heterocycles. The Morgan fingerprint density at radius 2 is 1.63 bits per heavy atom. The highest BCUT2D eigenvalue weighted by molar-refractivity contribution is 6.39. The smallest absolute Gasteiger partial charge is 0.329 e. The van der Waals surface area contributed by atoms with Gasteiger partial charge < -0.3 is 49.3 Å². The van der Waals surface area contributed by atoms with Crippen LogP contribution in [-0.4, -0.2) is 126 Å². The average molecular weight is 803 g/mol. The quantitative estimate of drug-likeness (QED) is 0.153. The molecule has 2 bridgehead atoms. The fraction of sp³-hybridized carbons (Fsp3) is 0.773. The average Bonchev–Trinajstić information content (AvgIpc) is 3.18. The molecule has 1 aliphatic carbocycles. The third-order valence-electron chi connectivity index (χ3n) is 12.9. The molecule has 3 aliphatic heterocycles. The van der Waals surface area contributed by atoms with Crippen LogP contribution in [0.15, 0.2) is 36.0 Å². The number of Topliss-reactive ketones (excluding diaryl/α,β-unsaturated/α-hetero) is 1. The van der Waals surface area contributed by atoms with Crippen LogP contribution in [0.4, 0.5) is 0 Å². The molecule has 0 radical (unpaired) electrons. The van der Waals surface area contributed by atoms with Crippen LogP contribution < -0.4 is 0 Å². The number of rotatable bonds is 7. The monoisotopic (exact) mass is 802 g/mol. The number of ether oxygens (including phenoxy) is 5. The Hall–Kier alpha value is -2.78. The predicted molar refractivity (Wildman–Crippen MR) is 215 cm³/mol. The van der Waals surface area contributed by atoms with E-state index in [1.165, 1.54) is 12.0 Å². The minimum Gasteiger partial charge on any atom is -0.456 e. The second kappa shape index (κ2) is 21.0. The van der Waals surface area contributed by atoms with Crippen LogP contribution in [0.3, 0.4) is 0 Å². The summed E-state index contributed by atoms with van der Waals surface area (Å²) in [4.78, 5) is 44.0. The van der Waals surface area contributed by atoms with Gasteiger partial charge in [-0.1, -0.05) is 44.6 Å². The molecule has 0 aromatic carbocycles. The van der Waals surface area contributed by atoms with Gasteiger partial charge in [-0.05, 0) is 95.5 Å². The number of carbonyl (C=O) groups is 3. The number of aliphatic hydroxyl groups is 3. The van der Waals surface area contributed by atoms with Crippen molar-refractivity contribution in [3.63, 3.8) is 0 Å². The number of fused-ring (bicyclic) bond motifs is 3. The van der Waals surface area contributed by atoms with Crippen molar-refractivity contribution in [3.8, 4) is 0 Å². The predicted octanol–water partition coefficient (Wildman–Crippen LogP) is 5.09. The van der Waals surface area contributed by atoms with E-state index >= 15 is 0 Å². The molecule has 4 N–H and O–H groups in total. The second-order valence-electron chi connectivity index (χ2n) is 17.3. The Kier molecular flexibility index (Phi) is 17.2. The zero-order chi connectivity index (χ0) is 42.2. The standard InChI is InChI=1S/C44H70N2O11/c1-10-13-31-19-25(2)18-26(3)20-37(54-8)40-38(55-9)22-28(5)44(52,57-40)41(49)42(50)46-17-12-11-14-33(46)43(51)56-39(29(6)35(48)24-32(31)45)27(4)21-30-15-16-34(47)36(23-30)53-7/h10,19,21,26,28-31,33-40,45,47-48,52H,1,11-18,20,22-24H2,2-9H3/b25-19+,27-21+,45-32?/t26-,28+,29+,30-,31+,33-,34+,35-,36+,37-,38-,39+,40+,44+/m0/s1. The SMILES string of the molecule is C=CC[C@@H]1/C=C(\C)C[C@H](C)C[C@H](OC)[C@H]2O[C@@](O)(C(=O)C(=O)N3CCCC[C@H]3C(=O)O[C@H](/C(C)=C/[C@@H]3CC[C@@H](O)[C@H](OC)C3)[C@H](C)[C@@H](O)CC1=N)[C@H](C)C[C@@H]2OC. The number of esters is 1. The summed E-state index contributed by atoms with van der Waals surface area (Å²) in [6.45, 7) is 13.4. The molecule has 1 amide bonds. The van der Waals surface area contributed by atoms with E-state index in [2.05, 4.69) is 13.5 Å². The lowest BCUT2D eigenvalue weighted by Crippen LogP contribution is -2.64. The normalized spacial score (nSPS) is 41.0. The number of nitrogens with zero attached hydrogens (tertiary/aromatic N) is 1. The van der Waals surface area contributed by atoms with Crippen molar-refractivity contribution in [2.75, 3.05) is 27.9 Å². The Labute approximate surface area is 339 Å². The topological polar surface area (TPSA) is 185 Å². The van der Waals surface area contributed by atoms with E-state index in [-0.39, 0.29) is 49.7 Å². The molecular weight excluding hydrogens is 732 g/mol. The van der Waals surface area contributed by atoms with Gasteiger partial charge in [0.15, 0.2) is 0 Å². The maximum absolute atomic E-state index is 14.3. The maximum atomic E-state index is 14.3. The summed E-state index contributed by atoms with van der Waals surface area (Å²) >= 11 is 0. The van der Waals surface area contributed by atoms with Crippen LogP contribution >= 0.6 is 0 Å². The molecule has 322 valence electrons. The Bertz CT molecular complexity index is 1480. The summed E-state index contributed by atoms with van der Waals surface area (Å²) in [6.07, 6.45) is 5.99. The second-order valence-corrected chi connectivity index (χ2v) is 17.3. The van der Waals surface area contributed by atoms with Crippen LogP contribution in [0, 0.1) is 35.0 Å². The minimum absolute atomic E-state index is 0.0140. The van der Waals surface area contributed by atoms with Gasteiger partial charge in [0.25, 0.3) is 11.7 Å². The summed E-state index contributed by atoms with van der Waals surface area (Å²) in [6, 6.07) is -1.12. The molecule has 14 atom stereocenters. The van der Waals surface area contributed by atoms with E-state index in [1.807, 2.05) is 26.0 Å². The summed E-state index contributed by atoms with van der Waals surface area (Å²) in [7, 11) is 4.65. The molecule has 0 spiro atoms. The summed E-state index contributed by atoms with van der Waals surface area (Å²) < 4.78 is 29.9. The van der Waals surface area contributed by atoms with Gasteiger partial charge in [0.05, 0.1) is 30.5 Å². The van der Waals surface area contributed by atoms with Gasteiger partial charge in [0.1, 0.15) is 18.2 Å². The molecule has 1 saturated carbocycles. The third-order valence-corrected chi connectivity index (χ3v) is 12.9. The Morgan fingerprint density at radius 3 is 2.28 bits per heavy atom. The number of hydrogen-bond donors (Lipinski definition) is 4. The number of aliphatic hydroxyl groups excluding tert-OH is 2. The Morgan fingerprint density at radius 1 is 0.965 bits per heavy atom. The molecular formula is C44H70N2O11. The van der Waals surface area contributed by atoms with Gasteiger partial charge in [0, 0.05) is 57.8 Å². The molecule has 13 heteroatoms. The number of cyclic esters (lactones) is 1. The number of ketones is 1. The fourth-order valence-electron chi connectivity index (χ4n) is 9.46. The van der Waals surface area contributed by atoms with Crippen molar-refractivity contribution in [2.45, 2.75) is 160 Å². The van der Waals surface area contributed by atoms with Crippen LogP contribution in [0.1, 0.15) is 105 Å². The van der Waals surface area contributed by atoms with Crippen LogP contribution in [0.2, 0.25) is 0 Å². The summed E-state index contributed by atoms with van der Waals surface area (Å²) in [5, 5.41) is 43.4. The lowest BCUT2D eigenvalue weighted by atomic mass is 9.81. The highest BCUT2D eigenvalue weighted by Crippen LogP contribution is 2.39. The number of nitrogens with one attached hydrogen (secondary N) is 1. The van der Waals surface area contributed by atoms with E-state index in [1.54, 1.807) is 34.1 Å². The van der Waals surface area contributed by atoms with Crippen LogP contribution in [-0.2, 0) is 38.1 Å². The molecule has 0 aromatic heterocycles. The van der Waals surface area contributed by atoms with Crippen LogP contribution in [0.5, 0.6) is 0 Å². The maximum Gasteiger partial charge on any atom is 0.329 e. The first-order valence-corrected chi connectivity index (χ1v) is 20.9. The van der Waals surface area contributed by atoms with Crippen molar-refractivity contribution in [1.82, 2.24) is 4.90 Å². The molecule has 0 unspecified atom stereocenters. The van der Waals surface area contributed by atoms with Crippen molar-refractivity contribution in [3.05, 3.63) is 36.0 Å². The van der Waals surface area contributed by atoms with Gasteiger partial charge >= 0.3 is 5.97 Å². The number of methoxy groups -OCH3 is 3. The molecule has 3 fully saturated rings. The number of carbonyl (C=O) groups excluding carboxylic acids is 3. The molecule has 57 heavy (non-hydrogen) atoms. The van der Waals surface area contributed by atoms with Crippen molar-refractivity contribution < 1.29 is 53.4 Å². The van der Waals surface area contributed by atoms with Gasteiger partial charge in [-0.15, -0.1) is 6.58 Å². The lowest BCUT2D eigenvalue weighted by Gasteiger charge is -2.47. The third kappa shape index (κ3) is 11.3. The number of piperidine rings is 1. The fourth-order valence-corrected chi connectivity index (χ4v) is 9.46. The van der Waals surface area contributed by atoms with E-state index < -0.39 is 77.9 Å².